The van der Waals surface area contributed by atoms with Gasteiger partial charge in [-0.3, -0.25) is 13.7 Å². The number of phenolic OH excluding ortho intramolecular Hbond substituents is 2. The van der Waals surface area contributed by atoms with Crippen LogP contribution in [0.2, 0.25) is 0 Å². The Morgan fingerprint density at radius 2 is 0.947 bits per heavy atom. The molecule has 6 aromatic rings. The Bertz CT molecular complexity index is 3950. The van der Waals surface area contributed by atoms with Crippen LogP contribution in [-0.2, 0) is 59.0 Å². The maximum absolute atomic E-state index is 12.6. The fourth-order valence-electron chi connectivity index (χ4n) is 6.14. The van der Waals surface area contributed by atoms with Crippen LogP contribution in [0.1, 0.15) is 10.4 Å². The maximum atomic E-state index is 12.6. The first kappa shape index (κ1) is 56.2. The SMILES string of the molecule is NC(=O)Nc1cc(N=Nc2c(C(=O)O)cc(O)c(N=Nc3ccc(N=Nc4ccc(S(=O)(=O)CCOS(=O)(=O)O)cc4)c4ccc(S(=O)(=O)O)cc34)c2O)ccc1N=Nc1ccc(S(=O)(=O)CCOS(=O)(=O)O)cc1. The fraction of sp³-hybridized carbons (Fsp3) is 0.100. The molecule has 0 unspecified atom stereocenters. The van der Waals surface area contributed by atoms with Crippen LogP contribution in [0.3, 0.4) is 0 Å². The van der Waals surface area contributed by atoms with Crippen LogP contribution in [0.15, 0.2) is 159 Å². The minimum absolute atomic E-state index is 0.0473. The number of sulfone groups is 2. The number of carboxylic acids is 1. The molecule has 0 spiro atoms. The van der Waals surface area contributed by atoms with E-state index in [1.54, 1.807) is 0 Å². The smallest absolute Gasteiger partial charge is 0.397 e. The van der Waals surface area contributed by atoms with E-state index in [0.717, 1.165) is 42.5 Å². The van der Waals surface area contributed by atoms with E-state index in [0.29, 0.717) is 6.07 Å². The summed E-state index contributed by atoms with van der Waals surface area (Å²) in [4.78, 5) is 23.1. The van der Waals surface area contributed by atoms with E-state index >= 15 is 0 Å². The zero-order chi connectivity index (χ0) is 55.1. The Morgan fingerprint density at radius 3 is 1.44 bits per heavy atom. The number of phenols is 2. The number of aromatic hydroxyl groups is 2. The molecule has 0 aliphatic heterocycles. The number of aromatic carboxylic acids is 1. The van der Waals surface area contributed by atoms with Crippen LogP contribution >= 0.6 is 0 Å². The molecule has 9 N–H and O–H groups in total. The molecule has 0 aliphatic carbocycles. The second kappa shape index (κ2) is 22.6. The van der Waals surface area contributed by atoms with Crippen molar-refractivity contribution < 1.29 is 89.0 Å². The molecule has 75 heavy (non-hydrogen) atoms. The first-order valence-electron chi connectivity index (χ1n) is 20.1. The predicted octanol–water partition coefficient (Wildman–Crippen LogP) is 7.53. The summed E-state index contributed by atoms with van der Waals surface area (Å²) in [7, 11) is -22.7. The van der Waals surface area contributed by atoms with E-state index in [9.17, 15) is 71.6 Å². The van der Waals surface area contributed by atoms with Crippen molar-refractivity contribution in [3.8, 4) is 11.5 Å². The molecule has 0 atom stereocenters. The molecule has 2 amide bonds. The average molecular weight is 1140 g/mol. The normalized spacial score (nSPS) is 12.9. The summed E-state index contributed by atoms with van der Waals surface area (Å²) in [5, 5.41) is 66.3. The Hall–Kier alpha value is -8.13. The molecule has 30 nitrogen and oxygen atoms in total. The number of amides is 2. The quantitative estimate of drug-likeness (QED) is 0.0255. The maximum Gasteiger partial charge on any atom is 0.397 e. The van der Waals surface area contributed by atoms with Crippen molar-refractivity contribution >= 4 is 125 Å². The van der Waals surface area contributed by atoms with Crippen LogP contribution in [0.5, 0.6) is 11.5 Å². The number of benzene rings is 6. The highest BCUT2D eigenvalue weighted by atomic mass is 32.3. The highest BCUT2D eigenvalue weighted by Crippen LogP contribution is 2.47. The number of rotatable bonds is 21. The molecule has 0 saturated carbocycles. The molecule has 0 aliphatic rings. The van der Waals surface area contributed by atoms with E-state index in [4.69, 9.17) is 14.8 Å². The first-order valence-corrected chi connectivity index (χ1v) is 27.6. The summed E-state index contributed by atoms with van der Waals surface area (Å²) < 4.78 is 153. The van der Waals surface area contributed by atoms with Gasteiger partial charge in [0.25, 0.3) is 10.1 Å². The second-order valence-corrected chi connectivity index (χ2v) is 22.5. The van der Waals surface area contributed by atoms with E-state index in [-0.39, 0.29) is 60.4 Å². The zero-order valence-electron chi connectivity index (χ0n) is 37.2. The molecule has 35 heteroatoms. The Balaban J connectivity index is 1.28. The Morgan fingerprint density at radius 1 is 0.507 bits per heavy atom. The van der Waals surface area contributed by atoms with E-state index in [1.165, 1.54) is 54.6 Å². The lowest BCUT2D eigenvalue weighted by molar-refractivity contribution is 0.0696. The third kappa shape index (κ3) is 15.2. The van der Waals surface area contributed by atoms with Crippen molar-refractivity contribution in [2.24, 2.45) is 46.6 Å². The standard InChI is InChI=1S/C40H34N10O20S5/c41-40(55)42-34-19-24(5-12-33(34)48-44-23-3-8-26(9-4-23)72(58,59)18-16-70-75(66,67)68)45-49-36-30(39(53)54)21-35(51)37(38(36)52)50-47-32-14-13-31(28-11-10-27(20-29(28)32)73(60,61)62)46-43-22-1-6-25(7-2-22)71(56,57)17-15-69-74(63,64)65/h1-14,19-21,51-52H,15-18H2,(H,53,54)(H3,41,42,55)(H,60,61,62)(H,63,64,65)(H,66,67,68). The van der Waals surface area contributed by atoms with Crippen LogP contribution in [-0.4, -0.2) is 108 Å². The van der Waals surface area contributed by atoms with Gasteiger partial charge in [0, 0.05) is 10.8 Å². The third-order valence-corrected chi connectivity index (χ3v) is 14.7. The highest BCUT2D eigenvalue weighted by molar-refractivity contribution is 7.91. The number of primary amides is 1. The van der Waals surface area contributed by atoms with Gasteiger partial charge in [-0.25, -0.2) is 34.8 Å². The highest BCUT2D eigenvalue weighted by Gasteiger charge is 2.24. The number of urea groups is 1. The van der Waals surface area contributed by atoms with Gasteiger partial charge in [0.15, 0.2) is 31.1 Å². The average Bonchev–Trinajstić information content (AvgIpc) is 3.31. The van der Waals surface area contributed by atoms with Gasteiger partial charge in [0.1, 0.15) is 17.1 Å². The molecule has 394 valence electrons. The lowest BCUT2D eigenvalue weighted by Gasteiger charge is -2.09. The van der Waals surface area contributed by atoms with Gasteiger partial charge in [-0.05, 0) is 97.1 Å². The summed E-state index contributed by atoms with van der Waals surface area (Å²) in [6.07, 6.45) is 0. The number of hydrogen-bond donors (Lipinski definition) is 8. The number of nitrogens with zero attached hydrogens (tertiary/aromatic N) is 8. The van der Waals surface area contributed by atoms with Crippen LogP contribution < -0.4 is 11.1 Å². The fourth-order valence-corrected chi connectivity index (χ4v) is 9.63. The molecule has 0 bridgehead atoms. The summed E-state index contributed by atoms with van der Waals surface area (Å²) in [6.45, 7) is -1.71. The van der Waals surface area contributed by atoms with Crippen molar-refractivity contribution in [3.05, 3.63) is 109 Å². The summed E-state index contributed by atoms with van der Waals surface area (Å²) in [5.41, 5.74) is 2.78. The van der Waals surface area contributed by atoms with Gasteiger partial charge < -0.3 is 26.4 Å². The number of carbonyl (C=O) groups is 2. The third-order valence-electron chi connectivity index (χ3n) is 9.57. The van der Waals surface area contributed by atoms with Gasteiger partial charge >= 0.3 is 32.8 Å². The van der Waals surface area contributed by atoms with Crippen molar-refractivity contribution in [1.29, 1.82) is 0 Å². The van der Waals surface area contributed by atoms with E-state index in [2.05, 4.69) is 54.6 Å². The minimum atomic E-state index is -4.87. The molecule has 6 aromatic carbocycles. The molecular weight excluding hydrogens is 1100 g/mol. The van der Waals surface area contributed by atoms with Crippen LogP contribution in [0.25, 0.3) is 10.8 Å². The number of nitrogens with two attached hydrogens (primary N) is 1. The number of fused-ring (bicyclic) bond motifs is 1. The summed E-state index contributed by atoms with van der Waals surface area (Å²) in [6, 6.07) is 18.6. The van der Waals surface area contributed by atoms with E-state index < -0.39 is 121 Å². The van der Waals surface area contributed by atoms with E-state index in [1.807, 2.05) is 0 Å². The minimum Gasteiger partial charge on any atom is -0.505 e. The molecular formula is C40H34N10O20S5. The molecule has 0 aromatic heterocycles. The number of anilines is 1. The zero-order valence-corrected chi connectivity index (χ0v) is 41.3. The molecule has 0 fully saturated rings. The predicted molar refractivity (Wildman–Crippen MR) is 259 cm³/mol. The van der Waals surface area contributed by atoms with Gasteiger partial charge in [0.05, 0.1) is 79.1 Å². The van der Waals surface area contributed by atoms with Crippen LogP contribution in [0.4, 0.5) is 56.0 Å². The van der Waals surface area contributed by atoms with Crippen molar-refractivity contribution in [3.63, 3.8) is 0 Å². The number of azo groups is 4. The largest absolute Gasteiger partial charge is 0.505 e. The molecule has 0 heterocycles. The van der Waals surface area contributed by atoms with Gasteiger partial charge in [-0.15, -0.1) is 25.6 Å². The van der Waals surface area contributed by atoms with Gasteiger partial charge in [-0.1, -0.05) is 6.07 Å². The van der Waals surface area contributed by atoms with Gasteiger partial charge in [-0.2, -0.15) is 40.6 Å². The number of hydrogen-bond acceptors (Lipinski definition) is 24. The topological polar surface area (TPSA) is 482 Å². The molecule has 6 rings (SSSR count). The van der Waals surface area contributed by atoms with Crippen molar-refractivity contribution in [2.75, 3.05) is 30.0 Å². The first-order chi connectivity index (χ1) is 35.0. The Kier molecular flexibility index (Phi) is 16.9. The van der Waals surface area contributed by atoms with Crippen molar-refractivity contribution in [2.45, 2.75) is 14.7 Å². The second-order valence-electron chi connectivity index (χ2n) is 14.7. The summed E-state index contributed by atoms with van der Waals surface area (Å²) >= 11 is 0. The summed E-state index contributed by atoms with van der Waals surface area (Å²) in [5.74, 6) is -5.31. The van der Waals surface area contributed by atoms with Gasteiger partial charge in [0.2, 0.25) is 0 Å². The lowest BCUT2D eigenvalue weighted by Crippen LogP contribution is -2.19. The Labute approximate surface area is 423 Å². The van der Waals surface area contributed by atoms with Crippen molar-refractivity contribution in [1.82, 2.24) is 0 Å². The molecule has 0 radical (unpaired) electrons. The number of carbonyl (C=O) groups excluding carboxylic acids is 1. The number of nitrogens with one attached hydrogen (secondary N) is 1. The van der Waals surface area contributed by atoms with Crippen LogP contribution in [0, 0.1) is 0 Å². The number of carboxylic acid groups (broad SMARTS) is 1. The molecule has 0 saturated heterocycles. The monoisotopic (exact) mass is 1130 g/mol. The lowest BCUT2D eigenvalue weighted by atomic mass is 10.1.